The average Bonchev–Trinajstić information content (AvgIpc) is 3.23. The lowest BCUT2D eigenvalue weighted by molar-refractivity contribution is 0.0946. The van der Waals surface area contributed by atoms with Crippen LogP contribution in [0.2, 0.25) is 10.0 Å². The van der Waals surface area contributed by atoms with Crippen molar-refractivity contribution in [3.63, 3.8) is 0 Å². The number of aliphatic hydroxyl groups is 1. The first-order valence-electron chi connectivity index (χ1n) is 10.0. The topological polar surface area (TPSA) is 65.5 Å². The summed E-state index contributed by atoms with van der Waals surface area (Å²) in [5.41, 5.74) is 3.34. The Labute approximate surface area is 185 Å². The molecule has 2 heterocycles. The molecule has 1 atom stereocenters. The Hall–Kier alpha value is -2.18. The van der Waals surface area contributed by atoms with Crippen LogP contribution in [0.1, 0.15) is 34.0 Å². The molecule has 0 radical (unpaired) electrons. The standard InChI is InChI=1S/C23H23Cl2N3O2/c24-19-6-3-4-16(22(19)25)14-28-10-8-15(13-28)21-12-18(23(30)26-9-11-29)17-5-1-2-7-20(17)27-21/h1-7,12,15,29H,8-11,13-14H2,(H,26,30). The van der Waals surface area contributed by atoms with E-state index in [0.717, 1.165) is 48.2 Å². The molecule has 1 aliphatic rings. The zero-order chi connectivity index (χ0) is 21.1. The van der Waals surface area contributed by atoms with Crippen LogP contribution >= 0.6 is 23.2 Å². The number of halogens is 2. The number of fused-ring (bicyclic) bond motifs is 1. The number of amides is 1. The highest BCUT2D eigenvalue weighted by Crippen LogP contribution is 2.32. The largest absolute Gasteiger partial charge is 0.395 e. The molecule has 1 aromatic heterocycles. The van der Waals surface area contributed by atoms with Crippen LogP contribution < -0.4 is 5.32 Å². The first kappa shape index (κ1) is 21.1. The number of carbonyl (C=O) groups is 1. The van der Waals surface area contributed by atoms with Gasteiger partial charge in [0.25, 0.3) is 5.91 Å². The molecule has 1 aliphatic heterocycles. The van der Waals surface area contributed by atoms with E-state index in [0.29, 0.717) is 15.6 Å². The van der Waals surface area contributed by atoms with Crippen molar-refractivity contribution in [2.45, 2.75) is 18.9 Å². The molecule has 2 aromatic carbocycles. The minimum atomic E-state index is -0.190. The first-order valence-corrected chi connectivity index (χ1v) is 10.8. The second-order valence-corrected chi connectivity index (χ2v) is 8.31. The minimum Gasteiger partial charge on any atom is -0.395 e. The van der Waals surface area contributed by atoms with Crippen LogP contribution in [0.25, 0.3) is 10.9 Å². The third-order valence-corrected chi connectivity index (χ3v) is 6.35. The summed E-state index contributed by atoms with van der Waals surface area (Å²) < 4.78 is 0. The SMILES string of the molecule is O=C(NCCO)c1cc(C2CCN(Cc3cccc(Cl)c3Cl)C2)nc2ccccc12. The maximum atomic E-state index is 12.7. The van der Waals surface area contributed by atoms with E-state index in [2.05, 4.69) is 10.2 Å². The van der Waals surface area contributed by atoms with Gasteiger partial charge in [0.15, 0.2) is 0 Å². The summed E-state index contributed by atoms with van der Waals surface area (Å²) >= 11 is 12.5. The van der Waals surface area contributed by atoms with Gasteiger partial charge in [0.1, 0.15) is 0 Å². The molecule has 5 nitrogen and oxygen atoms in total. The van der Waals surface area contributed by atoms with Crippen molar-refractivity contribution in [3.05, 3.63) is 75.4 Å². The van der Waals surface area contributed by atoms with Crippen molar-refractivity contribution >= 4 is 40.0 Å². The van der Waals surface area contributed by atoms with Crippen molar-refractivity contribution in [2.75, 3.05) is 26.2 Å². The Morgan fingerprint density at radius 1 is 1.20 bits per heavy atom. The summed E-state index contributed by atoms with van der Waals surface area (Å²) in [5.74, 6) is 0.0430. The van der Waals surface area contributed by atoms with Crippen LogP contribution in [0.15, 0.2) is 48.5 Å². The molecular weight excluding hydrogens is 421 g/mol. The fourth-order valence-electron chi connectivity index (χ4n) is 3.99. The summed E-state index contributed by atoms with van der Waals surface area (Å²) in [6.07, 6.45) is 0.960. The number of pyridine rings is 1. The van der Waals surface area contributed by atoms with Crippen molar-refractivity contribution in [3.8, 4) is 0 Å². The highest BCUT2D eigenvalue weighted by molar-refractivity contribution is 6.42. The van der Waals surface area contributed by atoms with Crippen LogP contribution in [0, 0.1) is 0 Å². The maximum Gasteiger partial charge on any atom is 0.252 e. The molecule has 30 heavy (non-hydrogen) atoms. The van der Waals surface area contributed by atoms with Gasteiger partial charge in [-0.25, -0.2) is 0 Å². The number of hydrogen-bond donors (Lipinski definition) is 2. The number of aromatic nitrogens is 1. The number of benzene rings is 2. The Bertz CT molecular complexity index is 1070. The number of nitrogens with one attached hydrogen (secondary N) is 1. The van der Waals surface area contributed by atoms with E-state index in [1.807, 2.05) is 42.5 Å². The summed E-state index contributed by atoms with van der Waals surface area (Å²) in [6.45, 7) is 2.63. The molecule has 2 N–H and O–H groups in total. The van der Waals surface area contributed by atoms with Crippen molar-refractivity contribution in [1.29, 1.82) is 0 Å². The second-order valence-electron chi connectivity index (χ2n) is 7.52. The number of aliphatic hydroxyl groups excluding tert-OH is 1. The Kier molecular flexibility index (Phi) is 6.54. The number of para-hydroxylation sites is 1. The minimum absolute atomic E-state index is 0.0920. The van der Waals surface area contributed by atoms with Crippen LogP contribution in [-0.4, -0.2) is 47.1 Å². The van der Waals surface area contributed by atoms with E-state index < -0.39 is 0 Å². The number of nitrogens with zero attached hydrogens (tertiary/aromatic N) is 2. The van der Waals surface area contributed by atoms with Crippen molar-refractivity contribution in [1.82, 2.24) is 15.2 Å². The highest BCUT2D eigenvalue weighted by atomic mass is 35.5. The molecule has 156 valence electrons. The van der Waals surface area contributed by atoms with E-state index in [9.17, 15) is 4.79 Å². The van der Waals surface area contributed by atoms with Gasteiger partial charge in [-0.05, 0) is 36.7 Å². The quantitative estimate of drug-likeness (QED) is 0.597. The van der Waals surface area contributed by atoms with Gasteiger partial charge in [0, 0.05) is 36.6 Å². The first-order chi connectivity index (χ1) is 14.6. The van der Waals surface area contributed by atoms with Crippen LogP contribution in [0.5, 0.6) is 0 Å². The zero-order valence-electron chi connectivity index (χ0n) is 16.4. The number of hydrogen-bond acceptors (Lipinski definition) is 4. The summed E-state index contributed by atoms with van der Waals surface area (Å²) in [7, 11) is 0. The summed E-state index contributed by atoms with van der Waals surface area (Å²) in [4.78, 5) is 19.9. The second kappa shape index (κ2) is 9.31. The highest BCUT2D eigenvalue weighted by Gasteiger charge is 2.27. The van der Waals surface area contributed by atoms with Crippen LogP contribution in [0.4, 0.5) is 0 Å². The average molecular weight is 444 g/mol. The third-order valence-electron chi connectivity index (χ3n) is 5.49. The number of rotatable bonds is 6. The Morgan fingerprint density at radius 2 is 2.03 bits per heavy atom. The van der Waals surface area contributed by atoms with Gasteiger partial charge >= 0.3 is 0 Å². The predicted octanol–water partition coefficient (Wildman–Crippen LogP) is 4.25. The van der Waals surface area contributed by atoms with E-state index in [1.54, 1.807) is 6.07 Å². The Morgan fingerprint density at radius 3 is 2.87 bits per heavy atom. The fraction of sp³-hybridized carbons (Fsp3) is 0.304. The maximum absolute atomic E-state index is 12.7. The molecule has 0 aliphatic carbocycles. The van der Waals surface area contributed by atoms with Gasteiger partial charge in [0.05, 0.1) is 27.7 Å². The molecule has 7 heteroatoms. The molecule has 1 fully saturated rings. The van der Waals surface area contributed by atoms with E-state index in [-0.39, 0.29) is 25.0 Å². The van der Waals surface area contributed by atoms with Gasteiger partial charge in [-0.3, -0.25) is 14.7 Å². The third kappa shape index (κ3) is 4.44. The zero-order valence-corrected chi connectivity index (χ0v) is 18.0. The predicted molar refractivity (Wildman–Crippen MR) is 120 cm³/mol. The number of carbonyl (C=O) groups excluding carboxylic acids is 1. The molecule has 0 saturated carbocycles. The van der Waals surface area contributed by atoms with Gasteiger partial charge in [-0.15, -0.1) is 0 Å². The van der Waals surface area contributed by atoms with E-state index in [1.165, 1.54) is 0 Å². The van der Waals surface area contributed by atoms with Crippen molar-refractivity contribution in [2.24, 2.45) is 0 Å². The van der Waals surface area contributed by atoms with Gasteiger partial charge in [-0.1, -0.05) is 53.5 Å². The van der Waals surface area contributed by atoms with E-state index >= 15 is 0 Å². The van der Waals surface area contributed by atoms with Crippen molar-refractivity contribution < 1.29 is 9.90 Å². The smallest absolute Gasteiger partial charge is 0.252 e. The lowest BCUT2D eigenvalue weighted by Gasteiger charge is -2.18. The van der Waals surface area contributed by atoms with Crippen LogP contribution in [0.3, 0.4) is 0 Å². The molecule has 1 amide bonds. The molecule has 1 saturated heterocycles. The molecule has 1 unspecified atom stereocenters. The lowest BCUT2D eigenvalue weighted by atomic mass is 9.99. The van der Waals surface area contributed by atoms with Gasteiger partial charge in [0.2, 0.25) is 0 Å². The normalized spacial score (nSPS) is 16.8. The molecule has 0 spiro atoms. The van der Waals surface area contributed by atoms with Gasteiger partial charge in [-0.2, -0.15) is 0 Å². The summed E-state index contributed by atoms with van der Waals surface area (Å²) in [6, 6.07) is 15.3. The lowest BCUT2D eigenvalue weighted by Crippen LogP contribution is -2.27. The Balaban J connectivity index is 1.57. The molecule has 3 aromatic rings. The monoisotopic (exact) mass is 443 g/mol. The molecule has 0 bridgehead atoms. The summed E-state index contributed by atoms with van der Waals surface area (Å²) in [5, 5.41) is 13.8. The molecular formula is C23H23Cl2N3O2. The fourth-order valence-corrected chi connectivity index (χ4v) is 4.37. The molecule has 4 rings (SSSR count). The number of likely N-dealkylation sites (tertiary alicyclic amines) is 1. The van der Waals surface area contributed by atoms with E-state index in [4.69, 9.17) is 33.3 Å². The van der Waals surface area contributed by atoms with Crippen LogP contribution in [-0.2, 0) is 6.54 Å². The van der Waals surface area contributed by atoms with Gasteiger partial charge < -0.3 is 10.4 Å².